The SMILES string of the molecule is CC(C)C(C(=O)[O-])=C(CC[NH3+])CCCS(=O)(=O)O. The van der Waals surface area contributed by atoms with Gasteiger partial charge in [0.2, 0.25) is 0 Å². The van der Waals surface area contributed by atoms with Crippen molar-refractivity contribution in [3.8, 4) is 0 Å². The fourth-order valence-corrected chi connectivity index (χ4v) is 2.37. The van der Waals surface area contributed by atoms with Crippen LogP contribution in [-0.2, 0) is 14.9 Å². The average Bonchev–Trinajstić information content (AvgIpc) is 2.14. The summed E-state index contributed by atoms with van der Waals surface area (Å²) in [6.45, 7) is 4.03. The summed E-state index contributed by atoms with van der Waals surface area (Å²) in [4.78, 5) is 11.1. The van der Waals surface area contributed by atoms with E-state index in [1.807, 2.05) is 0 Å². The van der Waals surface area contributed by atoms with Gasteiger partial charge >= 0.3 is 0 Å². The van der Waals surface area contributed by atoms with Gasteiger partial charge in [0.1, 0.15) is 0 Å². The molecule has 106 valence electrons. The van der Waals surface area contributed by atoms with Crippen molar-refractivity contribution in [2.75, 3.05) is 12.3 Å². The monoisotopic (exact) mass is 279 g/mol. The fraction of sp³-hybridized carbons (Fsp3) is 0.727. The van der Waals surface area contributed by atoms with Gasteiger partial charge in [0, 0.05) is 6.42 Å². The molecule has 0 aliphatic carbocycles. The van der Waals surface area contributed by atoms with Crippen molar-refractivity contribution in [1.82, 2.24) is 0 Å². The first-order valence-corrected chi connectivity index (χ1v) is 7.47. The van der Waals surface area contributed by atoms with Gasteiger partial charge < -0.3 is 15.6 Å². The van der Waals surface area contributed by atoms with Crippen molar-refractivity contribution in [3.05, 3.63) is 11.1 Å². The Hall–Kier alpha value is -0.920. The molecular weight excluding hydrogens is 258 g/mol. The number of rotatable bonds is 8. The molecule has 4 N–H and O–H groups in total. The average molecular weight is 279 g/mol. The minimum atomic E-state index is -4.00. The van der Waals surface area contributed by atoms with Crippen LogP contribution in [0.15, 0.2) is 11.1 Å². The van der Waals surface area contributed by atoms with E-state index in [4.69, 9.17) is 4.55 Å². The maximum absolute atomic E-state index is 11.1. The molecule has 7 heteroatoms. The first-order valence-electron chi connectivity index (χ1n) is 5.86. The zero-order chi connectivity index (χ0) is 14.3. The maximum Gasteiger partial charge on any atom is 0.264 e. The van der Waals surface area contributed by atoms with E-state index in [2.05, 4.69) is 5.73 Å². The van der Waals surface area contributed by atoms with Gasteiger partial charge in [0.15, 0.2) is 0 Å². The molecule has 6 nitrogen and oxygen atoms in total. The molecule has 0 saturated heterocycles. The lowest BCUT2D eigenvalue weighted by atomic mass is 9.92. The molecule has 0 aromatic carbocycles. The first kappa shape index (κ1) is 17.1. The van der Waals surface area contributed by atoms with Gasteiger partial charge in [-0.3, -0.25) is 4.55 Å². The van der Waals surface area contributed by atoms with Crippen LogP contribution in [0.4, 0.5) is 0 Å². The number of carbonyl (C=O) groups excluding carboxylic acids is 1. The van der Waals surface area contributed by atoms with Crippen molar-refractivity contribution in [3.63, 3.8) is 0 Å². The Morgan fingerprint density at radius 3 is 2.22 bits per heavy atom. The Morgan fingerprint density at radius 1 is 1.33 bits per heavy atom. The third kappa shape index (κ3) is 6.73. The number of carbonyl (C=O) groups is 1. The second-order valence-electron chi connectivity index (χ2n) is 4.45. The van der Waals surface area contributed by atoms with E-state index in [1.165, 1.54) is 0 Å². The van der Waals surface area contributed by atoms with Gasteiger partial charge in [-0.15, -0.1) is 0 Å². The summed E-state index contributed by atoms with van der Waals surface area (Å²) in [6.07, 6.45) is 1.00. The van der Waals surface area contributed by atoms with Gasteiger partial charge in [0.05, 0.1) is 18.3 Å². The lowest BCUT2D eigenvalue weighted by molar-refractivity contribution is -0.366. The third-order valence-corrected chi connectivity index (χ3v) is 3.34. The Morgan fingerprint density at radius 2 is 1.89 bits per heavy atom. The van der Waals surface area contributed by atoms with Gasteiger partial charge in [-0.2, -0.15) is 8.42 Å². The zero-order valence-corrected chi connectivity index (χ0v) is 11.6. The number of carboxylic acids is 1. The van der Waals surface area contributed by atoms with Crippen LogP contribution in [-0.4, -0.2) is 31.2 Å². The van der Waals surface area contributed by atoms with E-state index in [1.54, 1.807) is 13.8 Å². The van der Waals surface area contributed by atoms with Crippen LogP contribution in [0.3, 0.4) is 0 Å². The van der Waals surface area contributed by atoms with Gasteiger partial charge in [-0.05, 0) is 24.3 Å². The second-order valence-corrected chi connectivity index (χ2v) is 6.02. The molecule has 0 radical (unpaired) electrons. The number of quaternary nitrogens is 1. The molecule has 18 heavy (non-hydrogen) atoms. The van der Waals surface area contributed by atoms with Crippen LogP contribution in [0.25, 0.3) is 0 Å². The predicted molar refractivity (Wildman–Crippen MR) is 64.9 cm³/mol. The van der Waals surface area contributed by atoms with Crippen molar-refractivity contribution < 1.29 is 28.6 Å². The fourth-order valence-electron chi connectivity index (χ4n) is 1.86. The Kier molecular flexibility index (Phi) is 7.12. The lowest BCUT2D eigenvalue weighted by Gasteiger charge is -2.18. The summed E-state index contributed by atoms with van der Waals surface area (Å²) in [6, 6.07) is 0. The van der Waals surface area contributed by atoms with Crippen LogP contribution in [0.5, 0.6) is 0 Å². The summed E-state index contributed by atoms with van der Waals surface area (Å²) < 4.78 is 29.8. The van der Waals surface area contributed by atoms with Crippen molar-refractivity contribution in [2.24, 2.45) is 5.92 Å². The molecule has 0 aromatic rings. The molecule has 0 aromatic heterocycles. The summed E-state index contributed by atoms with van der Waals surface area (Å²) in [5, 5.41) is 11.1. The smallest absolute Gasteiger partial charge is 0.264 e. The maximum atomic E-state index is 11.1. The molecule has 0 aliphatic rings. The van der Waals surface area contributed by atoms with E-state index in [-0.39, 0.29) is 23.7 Å². The van der Waals surface area contributed by atoms with Crippen molar-refractivity contribution >= 4 is 16.1 Å². The van der Waals surface area contributed by atoms with E-state index in [0.717, 1.165) is 0 Å². The predicted octanol–water partition coefficient (Wildman–Crippen LogP) is -1.01. The Labute approximate surface area is 108 Å². The van der Waals surface area contributed by atoms with Crippen LogP contribution < -0.4 is 10.8 Å². The highest BCUT2D eigenvalue weighted by Gasteiger charge is 2.13. The molecule has 0 unspecified atom stereocenters. The number of hydrogen-bond donors (Lipinski definition) is 2. The number of hydrogen-bond acceptors (Lipinski definition) is 4. The highest BCUT2D eigenvalue weighted by molar-refractivity contribution is 7.85. The van der Waals surface area contributed by atoms with Crippen LogP contribution >= 0.6 is 0 Å². The summed E-state index contributed by atoms with van der Waals surface area (Å²) in [7, 11) is -4.00. The summed E-state index contributed by atoms with van der Waals surface area (Å²) >= 11 is 0. The molecule has 0 fully saturated rings. The molecule has 0 bridgehead atoms. The van der Waals surface area contributed by atoms with Crippen LogP contribution in [0.1, 0.15) is 33.1 Å². The highest BCUT2D eigenvalue weighted by atomic mass is 32.2. The van der Waals surface area contributed by atoms with E-state index in [9.17, 15) is 18.3 Å². The number of aliphatic carboxylic acids is 1. The lowest BCUT2D eigenvalue weighted by Crippen LogP contribution is -2.50. The van der Waals surface area contributed by atoms with Crippen molar-refractivity contribution in [2.45, 2.75) is 33.1 Å². The van der Waals surface area contributed by atoms with Crippen LogP contribution in [0, 0.1) is 5.92 Å². The summed E-state index contributed by atoms with van der Waals surface area (Å²) in [5.74, 6) is -1.78. The topological polar surface area (TPSA) is 122 Å². The summed E-state index contributed by atoms with van der Waals surface area (Å²) in [5.41, 5.74) is 4.54. The number of carboxylic acid groups (broad SMARTS) is 1. The minimum Gasteiger partial charge on any atom is -0.545 e. The van der Waals surface area contributed by atoms with E-state index < -0.39 is 16.1 Å². The molecule has 0 saturated carbocycles. The van der Waals surface area contributed by atoms with E-state index >= 15 is 0 Å². The van der Waals surface area contributed by atoms with Crippen molar-refractivity contribution in [1.29, 1.82) is 0 Å². The highest BCUT2D eigenvalue weighted by Crippen LogP contribution is 2.21. The van der Waals surface area contributed by atoms with Crippen LogP contribution in [0.2, 0.25) is 0 Å². The second kappa shape index (κ2) is 7.50. The minimum absolute atomic E-state index is 0.192. The van der Waals surface area contributed by atoms with Gasteiger partial charge in [-0.1, -0.05) is 19.4 Å². The molecule has 0 atom stereocenters. The molecule has 0 aliphatic heterocycles. The molecule has 0 spiro atoms. The van der Waals surface area contributed by atoms with Gasteiger partial charge in [-0.25, -0.2) is 0 Å². The Bertz CT molecular complexity index is 411. The largest absolute Gasteiger partial charge is 0.545 e. The molecular formula is C11H21NO5S. The molecule has 0 amide bonds. The molecule has 0 heterocycles. The quantitative estimate of drug-likeness (QED) is 0.435. The zero-order valence-electron chi connectivity index (χ0n) is 10.8. The first-order chi connectivity index (χ1) is 8.19. The normalized spacial score (nSPS) is 13.6. The van der Waals surface area contributed by atoms with Gasteiger partial charge in [0.25, 0.3) is 10.1 Å². The van der Waals surface area contributed by atoms with E-state index in [0.29, 0.717) is 25.0 Å². The standard InChI is InChI=1S/C11H21NO5S/c1-8(2)10(11(13)14)9(5-6-12)4-3-7-18(15,16)17/h8H,3-7,12H2,1-2H3,(H,13,14)(H,15,16,17). The third-order valence-electron chi connectivity index (χ3n) is 2.54. The Balaban J connectivity index is 4.92. The molecule has 0 rings (SSSR count).